The van der Waals surface area contributed by atoms with Crippen molar-refractivity contribution in [1.29, 1.82) is 0 Å². The van der Waals surface area contributed by atoms with Gasteiger partial charge in [0.15, 0.2) is 0 Å². The number of hydrogen-bond donors (Lipinski definition) is 2. The number of aromatic nitrogens is 3. The largest absolute Gasteiger partial charge is 0.437 e. The molecule has 0 fully saturated rings. The third-order valence-electron chi connectivity index (χ3n) is 3.60. The lowest BCUT2D eigenvalue weighted by molar-refractivity contribution is 0.467. The van der Waals surface area contributed by atoms with Gasteiger partial charge in [0.05, 0.1) is 5.52 Å². The zero-order valence-corrected chi connectivity index (χ0v) is 13.3. The molecule has 0 aliphatic heterocycles. The third-order valence-corrected chi connectivity index (χ3v) is 3.77. The van der Waals surface area contributed by atoms with Crippen LogP contribution in [-0.4, -0.2) is 15.0 Å². The quantitative estimate of drug-likeness (QED) is 0.421. The average Bonchev–Trinajstić information content (AvgIpc) is 3.02. The summed E-state index contributed by atoms with van der Waals surface area (Å²) in [5.74, 6) is 0.994. The van der Waals surface area contributed by atoms with E-state index in [0.29, 0.717) is 28.4 Å². The summed E-state index contributed by atoms with van der Waals surface area (Å²) in [6, 6.07) is 19.0. The van der Waals surface area contributed by atoms with Crippen LogP contribution in [0.25, 0.3) is 22.3 Å². The van der Waals surface area contributed by atoms with Crippen molar-refractivity contribution in [2.75, 3.05) is 5.73 Å². The maximum absolute atomic E-state index is 6.03. The Morgan fingerprint density at radius 3 is 2.46 bits per heavy atom. The Hall–Kier alpha value is -3.05. The number of nitrogen functional groups attached to an aromatic ring is 1. The first kappa shape index (κ1) is 14.5. The van der Waals surface area contributed by atoms with E-state index in [0.717, 1.165) is 11.3 Å². The molecular formula is C18H13ClN4O. The normalized spacial score (nSPS) is 10.9. The van der Waals surface area contributed by atoms with Gasteiger partial charge in [-0.3, -0.25) is 0 Å². The predicted molar refractivity (Wildman–Crippen MR) is 95.3 cm³/mol. The van der Waals surface area contributed by atoms with Crippen LogP contribution in [0.2, 0.25) is 5.28 Å². The second-order valence-corrected chi connectivity index (χ2v) is 5.62. The molecule has 0 unspecified atom stereocenters. The summed E-state index contributed by atoms with van der Waals surface area (Å²) in [4.78, 5) is 11.8. The van der Waals surface area contributed by atoms with Crippen LogP contribution in [0.3, 0.4) is 0 Å². The maximum Gasteiger partial charge on any atom is 0.248 e. The summed E-state index contributed by atoms with van der Waals surface area (Å²) < 4.78 is 5.85. The van der Waals surface area contributed by atoms with Crippen LogP contribution in [0.15, 0.2) is 60.7 Å². The van der Waals surface area contributed by atoms with Crippen molar-refractivity contribution < 1.29 is 4.74 Å². The van der Waals surface area contributed by atoms with Gasteiger partial charge >= 0.3 is 0 Å². The highest BCUT2D eigenvalue weighted by Crippen LogP contribution is 2.31. The van der Waals surface area contributed by atoms with Gasteiger partial charge in [-0.15, -0.1) is 0 Å². The molecule has 0 radical (unpaired) electrons. The molecule has 0 saturated carbocycles. The molecule has 0 amide bonds. The lowest BCUT2D eigenvalue weighted by atomic mass is 10.2. The number of aromatic amines is 1. The van der Waals surface area contributed by atoms with Gasteiger partial charge in [-0.05, 0) is 47.5 Å². The summed E-state index contributed by atoms with van der Waals surface area (Å²) in [5.41, 5.74) is 9.71. The molecule has 0 spiro atoms. The van der Waals surface area contributed by atoms with E-state index in [4.69, 9.17) is 22.1 Å². The van der Waals surface area contributed by atoms with Crippen molar-refractivity contribution in [2.24, 2.45) is 0 Å². The highest BCUT2D eigenvalue weighted by molar-refractivity contribution is 6.28. The van der Waals surface area contributed by atoms with Crippen molar-refractivity contribution in [3.63, 3.8) is 0 Å². The molecule has 2 heterocycles. The SMILES string of the molecule is Nc1ccc(Oc2nc(Cl)nc3cc(-c4ccccc4)[nH]c23)cc1. The number of benzene rings is 2. The molecule has 5 nitrogen and oxygen atoms in total. The molecule has 0 aliphatic carbocycles. The molecule has 3 N–H and O–H groups in total. The van der Waals surface area contributed by atoms with Crippen molar-refractivity contribution >= 4 is 28.3 Å². The van der Waals surface area contributed by atoms with Gasteiger partial charge in [0, 0.05) is 11.4 Å². The van der Waals surface area contributed by atoms with Crippen LogP contribution >= 0.6 is 11.6 Å². The van der Waals surface area contributed by atoms with Crippen molar-refractivity contribution in [1.82, 2.24) is 15.0 Å². The van der Waals surface area contributed by atoms with E-state index in [-0.39, 0.29) is 5.28 Å². The van der Waals surface area contributed by atoms with Crippen molar-refractivity contribution in [3.8, 4) is 22.9 Å². The predicted octanol–water partition coefficient (Wildman–Crippen LogP) is 4.65. The van der Waals surface area contributed by atoms with Crippen LogP contribution in [0.1, 0.15) is 0 Å². The van der Waals surface area contributed by atoms with Crippen LogP contribution in [0.5, 0.6) is 11.6 Å². The van der Waals surface area contributed by atoms with Gasteiger partial charge in [-0.1, -0.05) is 30.3 Å². The number of fused-ring (bicyclic) bond motifs is 1. The van der Waals surface area contributed by atoms with Crippen LogP contribution in [-0.2, 0) is 0 Å². The van der Waals surface area contributed by atoms with E-state index >= 15 is 0 Å². The van der Waals surface area contributed by atoms with Crippen LogP contribution in [0.4, 0.5) is 5.69 Å². The number of halogens is 1. The molecule has 2 aromatic heterocycles. The van der Waals surface area contributed by atoms with Gasteiger partial charge in [0.2, 0.25) is 11.2 Å². The molecule has 4 rings (SSSR count). The second-order valence-electron chi connectivity index (χ2n) is 5.28. The Labute approximate surface area is 143 Å². The number of rotatable bonds is 3. The van der Waals surface area contributed by atoms with Gasteiger partial charge in [0.1, 0.15) is 11.3 Å². The number of hydrogen-bond acceptors (Lipinski definition) is 4. The van der Waals surface area contributed by atoms with Crippen LogP contribution in [0, 0.1) is 0 Å². The molecule has 118 valence electrons. The molecule has 2 aromatic carbocycles. The minimum atomic E-state index is 0.131. The zero-order chi connectivity index (χ0) is 16.5. The molecule has 0 bridgehead atoms. The first-order valence-electron chi connectivity index (χ1n) is 7.34. The van der Waals surface area contributed by atoms with E-state index < -0.39 is 0 Å². The lowest BCUT2D eigenvalue weighted by Crippen LogP contribution is -1.93. The average molecular weight is 337 g/mol. The minimum Gasteiger partial charge on any atom is -0.437 e. The van der Waals surface area contributed by atoms with Crippen molar-refractivity contribution in [3.05, 3.63) is 65.9 Å². The number of H-pyrrole nitrogens is 1. The molecule has 6 heteroatoms. The maximum atomic E-state index is 6.03. The van der Waals surface area contributed by atoms with E-state index in [1.165, 1.54) is 0 Å². The highest BCUT2D eigenvalue weighted by atomic mass is 35.5. The Morgan fingerprint density at radius 2 is 1.71 bits per heavy atom. The molecular weight excluding hydrogens is 324 g/mol. The van der Waals surface area contributed by atoms with Crippen LogP contribution < -0.4 is 10.5 Å². The molecule has 0 saturated heterocycles. The first-order valence-corrected chi connectivity index (χ1v) is 7.72. The summed E-state index contributed by atoms with van der Waals surface area (Å²) >= 11 is 6.03. The first-order chi connectivity index (χ1) is 11.7. The van der Waals surface area contributed by atoms with Gasteiger partial charge in [-0.2, -0.15) is 4.98 Å². The van der Waals surface area contributed by atoms with E-state index in [1.54, 1.807) is 24.3 Å². The summed E-state index contributed by atoms with van der Waals surface area (Å²) in [6.07, 6.45) is 0. The second kappa shape index (κ2) is 5.86. The molecule has 0 atom stereocenters. The topological polar surface area (TPSA) is 76.8 Å². The molecule has 4 aromatic rings. The van der Waals surface area contributed by atoms with Gasteiger partial charge < -0.3 is 15.5 Å². The zero-order valence-electron chi connectivity index (χ0n) is 12.5. The Morgan fingerprint density at radius 1 is 0.958 bits per heavy atom. The summed E-state index contributed by atoms with van der Waals surface area (Å²) in [5, 5.41) is 0.131. The molecule has 24 heavy (non-hydrogen) atoms. The number of nitrogens with zero attached hydrogens (tertiary/aromatic N) is 2. The summed E-state index contributed by atoms with van der Waals surface area (Å²) in [7, 11) is 0. The third kappa shape index (κ3) is 2.77. The minimum absolute atomic E-state index is 0.131. The Balaban J connectivity index is 1.80. The monoisotopic (exact) mass is 336 g/mol. The van der Waals surface area contributed by atoms with E-state index in [1.807, 2.05) is 36.4 Å². The number of nitrogens with two attached hydrogens (primary N) is 1. The smallest absolute Gasteiger partial charge is 0.248 e. The fraction of sp³-hybridized carbons (Fsp3) is 0. The fourth-order valence-electron chi connectivity index (χ4n) is 2.45. The Bertz CT molecular complexity index is 997. The number of nitrogens with one attached hydrogen (secondary N) is 1. The van der Waals surface area contributed by atoms with Crippen molar-refractivity contribution in [2.45, 2.75) is 0 Å². The van der Waals surface area contributed by atoms with Gasteiger partial charge in [0.25, 0.3) is 0 Å². The van der Waals surface area contributed by atoms with Gasteiger partial charge in [-0.25, -0.2) is 4.98 Å². The fourth-order valence-corrected chi connectivity index (χ4v) is 2.62. The number of anilines is 1. The lowest BCUT2D eigenvalue weighted by Gasteiger charge is -2.06. The Kier molecular flexibility index (Phi) is 3.55. The van der Waals surface area contributed by atoms with E-state index in [9.17, 15) is 0 Å². The highest BCUT2D eigenvalue weighted by Gasteiger charge is 2.13. The standard InChI is InChI=1S/C18H13ClN4O/c19-18-22-15-10-14(11-4-2-1-3-5-11)21-16(15)17(23-18)24-13-8-6-12(20)7-9-13/h1-10,21H,20H2. The number of ether oxygens (including phenoxy) is 1. The van der Waals surface area contributed by atoms with E-state index in [2.05, 4.69) is 15.0 Å². The molecule has 0 aliphatic rings. The summed E-state index contributed by atoms with van der Waals surface area (Å²) in [6.45, 7) is 0.